The highest BCUT2D eigenvalue weighted by molar-refractivity contribution is 7.13. The topological polar surface area (TPSA) is 67.3 Å². The van der Waals surface area contributed by atoms with Crippen LogP contribution in [0.25, 0.3) is 0 Å². The number of thiazole rings is 1. The van der Waals surface area contributed by atoms with Crippen molar-refractivity contribution < 1.29 is 27.9 Å². The highest BCUT2D eigenvalue weighted by Gasteiger charge is 2.37. The predicted octanol–water partition coefficient (Wildman–Crippen LogP) is 1.67. The molecule has 1 heterocycles. The number of carboxylic acid groups (broad SMARTS) is 1. The summed E-state index contributed by atoms with van der Waals surface area (Å²) in [6.45, 7) is 0. The van der Waals surface area contributed by atoms with Crippen molar-refractivity contribution in [2.24, 2.45) is 0 Å². The normalized spacial score (nSPS) is 11.4. The summed E-state index contributed by atoms with van der Waals surface area (Å²) < 4.78 is 36.1. The molecule has 0 aliphatic rings. The second-order valence-corrected chi connectivity index (χ2v) is 3.18. The van der Waals surface area contributed by atoms with Crippen LogP contribution in [0.15, 0.2) is 0 Å². The number of aromatic carboxylic acids is 1. The van der Waals surface area contributed by atoms with Crippen molar-refractivity contribution >= 4 is 23.6 Å². The van der Waals surface area contributed by atoms with Crippen LogP contribution in [0.5, 0.6) is 0 Å². The van der Waals surface area contributed by atoms with Crippen molar-refractivity contribution in [1.82, 2.24) is 4.98 Å². The SMILES string of the molecule is O=Cc1sc(C(F)(F)F)nc1C(=O)O. The van der Waals surface area contributed by atoms with E-state index in [4.69, 9.17) is 5.11 Å². The van der Waals surface area contributed by atoms with Crippen LogP contribution in [0.1, 0.15) is 25.2 Å². The highest BCUT2D eigenvalue weighted by atomic mass is 32.1. The molecule has 0 fully saturated rings. The molecule has 0 radical (unpaired) electrons. The molecule has 0 amide bonds. The maximum absolute atomic E-state index is 12.0. The predicted molar refractivity (Wildman–Crippen MR) is 39.5 cm³/mol. The van der Waals surface area contributed by atoms with E-state index in [9.17, 15) is 22.8 Å². The molecule has 0 atom stereocenters. The monoisotopic (exact) mass is 225 g/mol. The Morgan fingerprint density at radius 3 is 2.36 bits per heavy atom. The number of aldehydes is 1. The lowest BCUT2D eigenvalue weighted by Crippen LogP contribution is -2.06. The Morgan fingerprint density at radius 2 is 2.07 bits per heavy atom. The molecule has 76 valence electrons. The number of halogens is 3. The van der Waals surface area contributed by atoms with Crippen LogP contribution < -0.4 is 0 Å². The molecular weight excluding hydrogens is 223 g/mol. The molecular formula is C6H2F3NO3S. The van der Waals surface area contributed by atoms with Gasteiger partial charge >= 0.3 is 12.1 Å². The summed E-state index contributed by atoms with van der Waals surface area (Å²) in [4.78, 5) is 22.8. The number of alkyl halides is 3. The van der Waals surface area contributed by atoms with Crippen molar-refractivity contribution in [2.75, 3.05) is 0 Å². The first kappa shape index (κ1) is 10.6. The van der Waals surface area contributed by atoms with Crippen molar-refractivity contribution in [3.8, 4) is 0 Å². The number of hydrogen-bond acceptors (Lipinski definition) is 4. The zero-order chi connectivity index (χ0) is 10.9. The summed E-state index contributed by atoms with van der Waals surface area (Å²) >= 11 is 0.00977. The Morgan fingerprint density at radius 1 is 1.50 bits per heavy atom. The smallest absolute Gasteiger partial charge is 0.443 e. The van der Waals surface area contributed by atoms with E-state index in [1.165, 1.54) is 0 Å². The van der Waals surface area contributed by atoms with Gasteiger partial charge in [-0.15, -0.1) is 11.3 Å². The van der Waals surface area contributed by atoms with Gasteiger partial charge in [0.05, 0.1) is 0 Å². The lowest BCUT2D eigenvalue weighted by atomic mass is 10.4. The van der Waals surface area contributed by atoms with Gasteiger partial charge in [0.2, 0.25) is 0 Å². The van der Waals surface area contributed by atoms with Gasteiger partial charge in [-0.05, 0) is 0 Å². The van der Waals surface area contributed by atoms with Crippen LogP contribution in [0.4, 0.5) is 13.2 Å². The molecule has 1 rings (SSSR count). The van der Waals surface area contributed by atoms with Crippen molar-refractivity contribution in [3.05, 3.63) is 15.6 Å². The number of hydrogen-bond donors (Lipinski definition) is 1. The lowest BCUT2D eigenvalue weighted by Gasteiger charge is -1.98. The standard InChI is InChI=1S/C6H2F3NO3S/c7-6(8,9)5-10-3(4(12)13)2(1-11)14-5/h1H,(H,12,13). The maximum Gasteiger partial charge on any atom is 0.443 e. The molecule has 0 spiro atoms. The molecule has 0 unspecified atom stereocenters. The molecule has 14 heavy (non-hydrogen) atoms. The van der Waals surface area contributed by atoms with E-state index in [-0.39, 0.29) is 17.6 Å². The molecule has 0 bridgehead atoms. The van der Waals surface area contributed by atoms with E-state index in [1.54, 1.807) is 0 Å². The van der Waals surface area contributed by atoms with E-state index in [0.717, 1.165) is 0 Å². The summed E-state index contributed by atoms with van der Waals surface area (Å²) in [5, 5.41) is 7.06. The average molecular weight is 225 g/mol. The van der Waals surface area contributed by atoms with Crippen molar-refractivity contribution in [1.29, 1.82) is 0 Å². The fraction of sp³-hybridized carbons (Fsp3) is 0.167. The van der Waals surface area contributed by atoms with Crippen LogP contribution >= 0.6 is 11.3 Å². The first-order valence-corrected chi connectivity index (χ1v) is 3.94. The molecule has 0 aliphatic carbocycles. The second kappa shape index (κ2) is 3.37. The number of carbonyl (C=O) groups excluding carboxylic acids is 1. The molecule has 0 aliphatic heterocycles. The van der Waals surface area contributed by atoms with Crippen LogP contribution in [-0.2, 0) is 6.18 Å². The number of rotatable bonds is 2. The minimum Gasteiger partial charge on any atom is -0.476 e. The second-order valence-electron chi connectivity index (χ2n) is 2.15. The van der Waals surface area contributed by atoms with E-state index in [1.807, 2.05) is 0 Å². The van der Waals surface area contributed by atoms with Gasteiger partial charge < -0.3 is 5.11 Å². The third-order valence-corrected chi connectivity index (χ3v) is 2.23. The number of carbonyl (C=O) groups is 2. The summed E-state index contributed by atoms with van der Waals surface area (Å²) in [6, 6.07) is 0. The summed E-state index contributed by atoms with van der Waals surface area (Å²) in [7, 11) is 0. The van der Waals surface area contributed by atoms with Crippen LogP contribution in [0, 0.1) is 0 Å². The third kappa shape index (κ3) is 1.90. The van der Waals surface area contributed by atoms with Gasteiger partial charge in [0, 0.05) is 0 Å². The molecule has 1 N–H and O–H groups in total. The van der Waals surface area contributed by atoms with Gasteiger partial charge in [0.25, 0.3) is 0 Å². The van der Waals surface area contributed by atoms with E-state index in [0.29, 0.717) is 0 Å². The van der Waals surface area contributed by atoms with Gasteiger partial charge in [0.1, 0.15) is 4.88 Å². The van der Waals surface area contributed by atoms with Gasteiger partial charge in [-0.3, -0.25) is 4.79 Å². The number of nitrogens with zero attached hydrogens (tertiary/aromatic N) is 1. The Hall–Kier alpha value is -1.44. The largest absolute Gasteiger partial charge is 0.476 e. The zero-order valence-corrected chi connectivity index (χ0v) is 7.15. The van der Waals surface area contributed by atoms with Crippen molar-refractivity contribution in [3.63, 3.8) is 0 Å². The summed E-state index contributed by atoms with van der Waals surface area (Å²) in [5.74, 6) is -1.65. The number of carboxylic acids is 1. The third-order valence-electron chi connectivity index (χ3n) is 1.21. The average Bonchev–Trinajstić information content (AvgIpc) is 2.45. The maximum atomic E-state index is 12.0. The molecule has 4 nitrogen and oxygen atoms in total. The molecule has 1 aromatic rings. The Balaban J connectivity index is 3.27. The molecule has 1 aromatic heterocycles. The molecule has 0 aromatic carbocycles. The fourth-order valence-electron chi connectivity index (χ4n) is 0.686. The van der Waals surface area contributed by atoms with E-state index < -0.39 is 27.7 Å². The Labute approximate surface area is 79.0 Å². The molecule has 0 saturated heterocycles. The lowest BCUT2D eigenvalue weighted by molar-refractivity contribution is -0.137. The van der Waals surface area contributed by atoms with Gasteiger partial charge in [-0.2, -0.15) is 13.2 Å². The summed E-state index contributed by atoms with van der Waals surface area (Å²) in [5.41, 5.74) is -0.864. The van der Waals surface area contributed by atoms with Gasteiger partial charge in [-0.25, -0.2) is 9.78 Å². The minimum absolute atomic E-state index is 0.00977. The van der Waals surface area contributed by atoms with Gasteiger partial charge in [0.15, 0.2) is 17.0 Å². The molecule has 0 saturated carbocycles. The minimum atomic E-state index is -4.73. The van der Waals surface area contributed by atoms with Crippen molar-refractivity contribution in [2.45, 2.75) is 6.18 Å². The first-order valence-electron chi connectivity index (χ1n) is 3.12. The summed E-state index contributed by atoms with van der Waals surface area (Å²) in [6.07, 6.45) is -4.69. The quantitative estimate of drug-likeness (QED) is 0.777. The fourth-order valence-corrected chi connectivity index (χ4v) is 1.42. The Bertz CT molecular complexity index is 384. The van der Waals surface area contributed by atoms with E-state index in [2.05, 4.69) is 4.98 Å². The van der Waals surface area contributed by atoms with Crippen LogP contribution in [0.3, 0.4) is 0 Å². The van der Waals surface area contributed by atoms with Crippen LogP contribution in [-0.4, -0.2) is 22.3 Å². The Kier molecular flexibility index (Phi) is 2.56. The highest BCUT2D eigenvalue weighted by Crippen LogP contribution is 2.33. The van der Waals surface area contributed by atoms with Gasteiger partial charge in [-0.1, -0.05) is 0 Å². The van der Waals surface area contributed by atoms with E-state index >= 15 is 0 Å². The van der Waals surface area contributed by atoms with Crippen LogP contribution in [0.2, 0.25) is 0 Å². The first-order chi connectivity index (χ1) is 6.36. The molecule has 8 heteroatoms. The number of aromatic nitrogens is 1. The zero-order valence-electron chi connectivity index (χ0n) is 6.33.